The summed E-state index contributed by atoms with van der Waals surface area (Å²) in [5.74, 6) is 0.795. The molecule has 1 aromatic rings. The summed E-state index contributed by atoms with van der Waals surface area (Å²) in [5, 5.41) is 0. The van der Waals surface area contributed by atoms with Crippen LogP contribution in [0.25, 0.3) is 0 Å². The van der Waals surface area contributed by atoms with Crippen molar-refractivity contribution in [1.29, 1.82) is 0 Å². The fourth-order valence-electron chi connectivity index (χ4n) is 2.79. The lowest BCUT2D eigenvalue weighted by molar-refractivity contribution is -0.131. The van der Waals surface area contributed by atoms with Crippen LogP contribution in [0.3, 0.4) is 0 Å². The third-order valence-corrected chi connectivity index (χ3v) is 3.62. The molecular formula is C16H23N3O. The number of carbonyl (C=O) groups excluding carboxylic acids is 1. The highest BCUT2D eigenvalue weighted by molar-refractivity contribution is 6.06. The molecule has 0 bridgehead atoms. The monoisotopic (exact) mass is 273 g/mol. The Morgan fingerprint density at radius 3 is 2.55 bits per heavy atom. The van der Waals surface area contributed by atoms with Crippen LogP contribution in [-0.4, -0.2) is 28.9 Å². The second-order valence-corrected chi connectivity index (χ2v) is 6.03. The third-order valence-electron chi connectivity index (χ3n) is 3.62. The number of nitrogens with two attached hydrogens (primary N) is 1. The fraction of sp³-hybridized carbons (Fsp3) is 0.500. The Hall–Kier alpha value is -1.84. The minimum atomic E-state index is -0.686. The molecule has 0 saturated heterocycles. The second-order valence-electron chi connectivity index (χ2n) is 6.03. The van der Waals surface area contributed by atoms with Crippen LogP contribution in [0.4, 0.5) is 0 Å². The zero-order valence-electron chi connectivity index (χ0n) is 12.5. The Kier molecular flexibility index (Phi) is 4.12. The number of nitrogens with zero attached hydrogens (tertiary/aromatic N) is 2. The lowest BCUT2D eigenvalue weighted by atomic mass is 9.91. The number of benzene rings is 1. The van der Waals surface area contributed by atoms with Gasteiger partial charge in [-0.3, -0.25) is 9.69 Å². The fourth-order valence-corrected chi connectivity index (χ4v) is 2.79. The van der Waals surface area contributed by atoms with E-state index in [4.69, 9.17) is 5.73 Å². The van der Waals surface area contributed by atoms with E-state index in [1.54, 1.807) is 4.90 Å². The van der Waals surface area contributed by atoms with E-state index < -0.39 is 5.54 Å². The molecule has 0 spiro atoms. The molecule has 1 aliphatic heterocycles. The van der Waals surface area contributed by atoms with Gasteiger partial charge in [0.25, 0.3) is 5.91 Å². The number of rotatable bonds is 5. The molecule has 0 aromatic heterocycles. The highest BCUT2D eigenvalue weighted by Crippen LogP contribution is 2.28. The summed E-state index contributed by atoms with van der Waals surface area (Å²) in [6.07, 6.45) is 1.52. The topological polar surface area (TPSA) is 58.7 Å². The Morgan fingerprint density at radius 2 is 1.95 bits per heavy atom. The van der Waals surface area contributed by atoms with Crippen molar-refractivity contribution < 1.29 is 4.79 Å². The van der Waals surface area contributed by atoms with Crippen molar-refractivity contribution in [2.75, 3.05) is 6.54 Å². The Bertz CT molecular complexity index is 510. The molecule has 108 valence electrons. The molecule has 1 aromatic carbocycles. The Balaban J connectivity index is 2.04. The third kappa shape index (κ3) is 3.00. The van der Waals surface area contributed by atoms with Crippen molar-refractivity contribution in [3.63, 3.8) is 0 Å². The maximum absolute atomic E-state index is 12.5. The van der Waals surface area contributed by atoms with Crippen LogP contribution in [0.1, 0.15) is 32.8 Å². The van der Waals surface area contributed by atoms with Gasteiger partial charge >= 0.3 is 0 Å². The number of hydrogen-bond donors (Lipinski definition) is 1. The molecule has 2 rings (SSSR count). The average molecular weight is 273 g/mol. The summed E-state index contributed by atoms with van der Waals surface area (Å²) in [7, 11) is 0. The van der Waals surface area contributed by atoms with E-state index >= 15 is 0 Å². The molecule has 0 aliphatic carbocycles. The molecule has 1 heterocycles. The quantitative estimate of drug-likeness (QED) is 0.894. The predicted molar refractivity (Wildman–Crippen MR) is 81.3 cm³/mol. The van der Waals surface area contributed by atoms with Crippen molar-refractivity contribution in [2.24, 2.45) is 16.6 Å². The summed E-state index contributed by atoms with van der Waals surface area (Å²) in [4.78, 5) is 18.6. The molecule has 4 nitrogen and oxygen atoms in total. The molecule has 0 saturated carbocycles. The first-order valence-corrected chi connectivity index (χ1v) is 7.13. The minimum absolute atomic E-state index is 0.0274. The van der Waals surface area contributed by atoms with Gasteiger partial charge in [-0.05, 0) is 31.2 Å². The van der Waals surface area contributed by atoms with Crippen LogP contribution in [0.2, 0.25) is 0 Å². The lowest BCUT2D eigenvalue weighted by Gasteiger charge is -2.23. The zero-order valence-corrected chi connectivity index (χ0v) is 12.5. The lowest BCUT2D eigenvalue weighted by Crippen LogP contribution is -2.44. The SMILES string of the molecule is CC(C)CC1(C)N=C(N)N(CCc2ccccc2)C1=O. The summed E-state index contributed by atoms with van der Waals surface area (Å²) < 4.78 is 0. The van der Waals surface area contributed by atoms with E-state index in [-0.39, 0.29) is 5.91 Å². The van der Waals surface area contributed by atoms with Crippen molar-refractivity contribution in [3.8, 4) is 0 Å². The highest BCUT2D eigenvalue weighted by Gasteiger charge is 2.43. The molecule has 0 radical (unpaired) electrons. The van der Waals surface area contributed by atoms with Gasteiger partial charge in [-0.15, -0.1) is 0 Å². The number of amides is 1. The molecule has 1 atom stereocenters. The van der Waals surface area contributed by atoms with Crippen LogP contribution >= 0.6 is 0 Å². The van der Waals surface area contributed by atoms with Crippen molar-refractivity contribution in [3.05, 3.63) is 35.9 Å². The molecule has 1 aliphatic rings. The van der Waals surface area contributed by atoms with Crippen molar-refractivity contribution in [1.82, 2.24) is 4.90 Å². The van der Waals surface area contributed by atoms with E-state index in [9.17, 15) is 4.79 Å². The van der Waals surface area contributed by atoms with Gasteiger partial charge in [-0.2, -0.15) is 0 Å². The van der Waals surface area contributed by atoms with Crippen molar-refractivity contribution >= 4 is 11.9 Å². The number of guanidine groups is 1. The first-order valence-electron chi connectivity index (χ1n) is 7.13. The van der Waals surface area contributed by atoms with Crippen LogP contribution < -0.4 is 5.73 Å². The summed E-state index contributed by atoms with van der Waals surface area (Å²) in [5.41, 5.74) is 6.45. The molecule has 20 heavy (non-hydrogen) atoms. The van der Waals surface area contributed by atoms with Crippen LogP contribution in [0.15, 0.2) is 35.3 Å². The first kappa shape index (κ1) is 14.6. The molecule has 1 unspecified atom stereocenters. The maximum Gasteiger partial charge on any atom is 0.257 e. The molecular weight excluding hydrogens is 250 g/mol. The van der Waals surface area contributed by atoms with Gasteiger partial charge in [0, 0.05) is 6.54 Å². The Labute approximate surface area is 120 Å². The summed E-state index contributed by atoms with van der Waals surface area (Å²) >= 11 is 0. The normalized spacial score (nSPS) is 22.5. The first-order chi connectivity index (χ1) is 9.42. The highest BCUT2D eigenvalue weighted by atomic mass is 16.2. The van der Waals surface area contributed by atoms with E-state index in [1.807, 2.05) is 25.1 Å². The van der Waals surface area contributed by atoms with Crippen molar-refractivity contribution in [2.45, 2.75) is 39.2 Å². The maximum atomic E-state index is 12.5. The molecule has 4 heteroatoms. The summed E-state index contributed by atoms with van der Waals surface area (Å²) in [6, 6.07) is 10.1. The predicted octanol–water partition coefficient (Wildman–Crippen LogP) is 2.19. The standard InChI is InChI=1S/C16H23N3O/c1-12(2)11-16(3)14(20)19(15(17)18-16)10-9-13-7-5-4-6-8-13/h4-8,12H,9-11H2,1-3H3,(H2,17,18). The van der Waals surface area contributed by atoms with E-state index in [1.165, 1.54) is 5.56 Å². The van der Waals surface area contributed by atoms with E-state index in [2.05, 4.69) is 31.0 Å². The molecule has 1 amide bonds. The number of hydrogen-bond acceptors (Lipinski definition) is 3. The van der Waals surface area contributed by atoms with Gasteiger partial charge in [0.15, 0.2) is 5.96 Å². The van der Waals surface area contributed by atoms with Gasteiger partial charge in [-0.25, -0.2) is 4.99 Å². The van der Waals surface area contributed by atoms with Gasteiger partial charge in [0.1, 0.15) is 5.54 Å². The minimum Gasteiger partial charge on any atom is -0.369 e. The van der Waals surface area contributed by atoms with Crippen LogP contribution in [0, 0.1) is 5.92 Å². The number of carbonyl (C=O) groups is 1. The largest absolute Gasteiger partial charge is 0.369 e. The van der Waals surface area contributed by atoms with E-state index in [0.29, 0.717) is 18.4 Å². The average Bonchev–Trinajstić information content (AvgIpc) is 2.58. The zero-order chi connectivity index (χ0) is 14.8. The molecule has 2 N–H and O–H groups in total. The Morgan fingerprint density at radius 1 is 1.30 bits per heavy atom. The summed E-state index contributed by atoms with van der Waals surface area (Å²) in [6.45, 7) is 6.66. The molecule has 0 fully saturated rings. The van der Waals surface area contributed by atoms with Gasteiger partial charge < -0.3 is 5.73 Å². The van der Waals surface area contributed by atoms with Crippen LogP contribution in [-0.2, 0) is 11.2 Å². The van der Waals surface area contributed by atoms with Gasteiger partial charge in [0.05, 0.1) is 0 Å². The van der Waals surface area contributed by atoms with Crippen LogP contribution in [0.5, 0.6) is 0 Å². The van der Waals surface area contributed by atoms with Gasteiger partial charge in [-0.1, -0.05) is 44.2 Å². The van der Waals surface area contributed by atoms with Gasteiger partial charge in [0.2, 0.25) is 0 Å². The van der Waals surface area contributed by atoms with E-state index in [0.717, 1.165) is 12.8 Å². The second kappa shape index (κ2) is 5.65. The number of aliphatic imine (C=N–C) groups is 1. The smallest absolute Gasteiger partial charge is 0.257 e.